The van der Waals surface area contributed by atoms with Crippen LogP contribution in [0.1, 0.15) is 36.7 Å². The highest BCUT2D eigenvalue weighted by Gasteiger charge is 2.22. The van der Waals surface area contributed by atoms with Gasteiger partial charge in [0.1, 0.15) is 5.82 Å². The Morgan fingerprint density at radius 1 is 1.50 bits per heavy atom. The molecule has 1 aliphatic rings. The molecule has 2 nitrogen and oxygen atoms in total. The van der Waals surface area contributed by atoms with Crippen molar-refractivity contribution in [2.45, 2.75) is 31.6 Å². The second kappa shape index (κ2) is 4.97. The van der Waals surface area contributed by atoms with Gasteiger partial charge in [-0.2, -0.15) is 0 Å². The van der Waals surface area contributed by atoms with E-state index in [0.29, 0.717) is 5.92 Å². The van der Waals surface area contributed by atoms with E-state index in [1.54, 1.807) is 6.08 Å². The van der Waals surface area contributed by atoms with Crippen LogP contribution in [0.4, 0.5) is 0 Å². The van der Waals surface area contributed by atoms with Gasteiger partial charge in [-0.15, -0.1) is 0 Å². The van der Waals surface area contributed by atoms with Crippen LogP contribution in [0, 0.1) is 0 Å². The largest absolute Gasteiger partial charge is 0.345 e. The Kier molecular flexibility index (Phi) is 3.40. The predicted octanol–water partition coefficient (Wildman–Crippen LogP) is 3.52. The molecular formula is C14H18N2. The molecule has 0 spiro atoms. The minimum Gasteiger partial charge on any atom is -0.345 e. The molecule has 2 rings (SSSR count). The van der Waals surface area contributed by atoms with Gasteiger partial charge in [-0.3, -0.25) is 0 Å². The summed E-state index contributed by atoms with van der Waals surface area (Å²) in [5.74, 6) is 1.83. The van der Waals surface area contributed by atoms with Crippen LogP contribution in [0.3, 0.4) is 0 Å². The summed E-state index contributed by atoms with van der Waals surface area (Å²) in [6.45, 7) is 7.49. The SMILES string of the molecule is C=C/C=C(\C=C)Cc1cnc(C2CCC2)[nH]1. The molecule has 0 saturated heterocycles. The summed E-state index contributed by atoms with van der Waals surface area (Å²) in [6, 6.07) is 0. The van der Waals surface area contributed by atoms with E-state index in [1.165, 1.54) is 24.8 Å². The first kappa shape index (κ1) is 10.9. The van der Waals surface area contributed by atoms with Crippen molar-refractivity contribution >= 4 is 0 Å². The fourth-order valence-corrected chi connectivity index (χ4v) is 1.93. The molecule has 0 radical (unpaired) electrons. The molecule has 1 aliphatic carbocycles. The van der Waals surface area contributed by atoms with E-state index in [2.05, 4.69) is 23.1 Å². The van der Waals surface area contributed by atoms with Crippen molar-refractivity contribution in [3.8, 4) is 0 Å². The maximum atomic E-state index is 4.44. The van der Waals surface area contributed by atoms with Gasteiger partial charge in [0.15, 0.2) is 0 Å². The normalized spacial score (nSPS) is 16.9. The molecule has 0 unspecified atom stereocenters. The van der Waals surface area contributed by atoms with Crippen LogP contribution < -0.4 is 0 Å². The second-order valence-corrected chi connectivity index (χ2v) is 4.28. The van der Waals surface area contributed by atoms with Crippen molar-refractivity contribution in [2.24, 2.45) is 0 Å². The van der Waals surface area contributed by atoms with Gasteiger partial charge in [0.25, 0.3) is 0 Å². The number of hydrogen-bond acceptors (Lipinski definition) is 1. The molecular weight excluding hydrogens is 196 g/mol. The Morgan fingerprint density at radius 2 is 2.31 bits per heavy atom. The lowest BCUT2D eigenvalue weighted by Gasteiger charge is -2.22. The number of H-pyrrole nitrogens is 1. The van der Waals surface area contributed by atoms with Gasteiger partial charge in [-0.25, -0.2) is 4.98 Å². The Balaban J connectivity index is 2.03. The molecule has 1 aromatic rings. The van der Waals surface area contributed by atoms with Gasteiger partial charge in [0.2, 0.25) is 0 Å². The van der Waals surface area contributed by atoms with Gasteiger partial charge < -0.3 is 4.98 Å². The molecule has 1 N–H and O–H groups in total. The Morgan fingerprint density at radius 3 is 2.88 bits per heavy atom. The van der Waals surface area contributed by atoms with Crippen molar-refractivity contribution < 1.29 is 0 Å². The highest BCUT2D eigenvalue weighted by Crippen LogP contribution is 2.34. The van der Waals surface area contributed by atoms with Crippen molar-refractivity contribution in [1.29, 1.82) is 0 Å². The molecule has 0 bridgehead atoms. The summed E-state index contributed by atoms with van der Waals surface area (Å²) in [4.78, 5) is 7.85. The minimum absolute atomic E-state index is 0.671. The maximum Gasteiger partial charge on any atom is 0.109 e. The summed E-state index contributed by atoms with van der Waals surface area (Å²) in [7, 11) is 0. The van der Waals surface area contributed by atoms with Gasteiger partial charge in [-0.1, -0.05) is 37.8 Å². The molecule has 2 heteroatoms. The minimum atomic E-state index is 0.671. The lowest BCUT2D eigenvalue weighted by molar-refractivity contribution is 0.403. The third-order valence-electron chi connectivity index (χ3n) is 3.13. The fraction of sp³-hybridized carbons (Fsp3) is 0.357. The molecule has 16 heavy (non-hydrogen) atoms. The van der Waals surface area contributed by atoms with E-state index in [0.717, 1.165) is 17.9 Å². The molecule has 84 valence electrons. The number of imidazole rings is 1. The summed E-state index contributed by atoms with van der Waals surface area (Å²) < 4.78 is 0. The van der Waals surface area contributed by atoms with Crippen molar-refractivity contribution in [3.05, 3.63) is 54.7 Å². The second-order valence-electron chi connectivity index (χ2n) is 4.28. The van der Waals surface area contributed by atoms with Crippen molar-refractivity contribution in [1.82, 2.24) is 9.97 Å². The van der Waals surface area contributed by atoms with Crippen LogP contribution >= 0.6 is 0 Å². The number of nitrogens with zero attached hydrogens (tertiary/aromatic N) is 1. The Bertz CT molecular complexity index is 408. The van der Waals surface area contributed by atoms with E-state index in [4.69, 9.17) is 0 Å². The molecule has 0 amide bonds. The smallest absolute Gasteiger partial charge is 0.109 e. The quantitative estimate of drug-likeness (QED) is 0.746. The van der Waals surface area contributed by atoms with Crippen LogP contribution in [0.5, 0.6) is 0 Å². The fourth-order valence-electron chi connectivity index (χ4n) is 1.93. The van der Waals surface area contributed by atoms with Gasteiger partial charge in [-0.05, 0) is 18.4 Å². The highest BCUT2D eigenvalue weighted by molar-refractivity contribution is 5.26. The summed E-state index contributed by atoms with van der Waals surface area (Å²) >= 11 is 0. The standard InChI is InChI=1S/C14H18N2/c1-3-6-11(4-2)9-13-10-15-14(16-13)12-7-5-8-12/h3-4,6,10,12H,1-2,5,7-9H2,(H,15,16)/b11-6+. The molecule has 1 fully saturated rings. The molecule has 1 heterocycles. The van der Waals surface area contributed by atoms with E-state index >= 15 is 0 Å². The zero-order chi connectivity index (χ0) is 11.4. The Labute approximate surface area is 96.8 Å². The molecule has 1 aromatic heterocycles. The first-order valence-electron chi connectivity index (χ1n) is 5.81. The van der Waals surface area contributed by atoms with Gasteiger partial charge >= 0.3 is 0 Å². The van der Waals surface area contributed by atoms with Crippen LogP contribution in [-0.4, -0.2) is 9.97 Å². The third kappa shape index (κ3) is 2.32. The maximum absolute atomic E-state index is 4.44. The van der Waals surface area contributed by atoms with Crippen molar-refractivity contribution in [2.75, 3.05) is 0 Å². The number of hydrogen-bond donors (Lipinski definition) is 1. The zero-order valence-electron chi connectivity index (χ0n) is 9.58. The average molecular weight is 214 g/mol. The average Bonchev–Trinajstić information content (AvgIpc) is 2.63. The lowest BCUT2D eigenvalue weighted by Crippen LogP contribution is -2.10. The Hall–Kier alpha value is -1.57. The van der Waals surface area contributed by atoms with Crippen LogP contribution in [0.2, 0.25) is 0 Å². The topological polar surface area (TPSA) is 28.7 Å². The number of aromatic amines is 1. The molecule has 0 aliphatic heterocycles. The van der Waals surface area contributed by atoms with Gasteiger partial charge in [0, 0.05) is 24.2 Å². The molecule has 0 aromatic carbocycles. The predicted molar refractivity (Wildman–Crippen MR) is 67.4 cm³/mol. The van der Waals surface area contributed by atoms with E-state index in [-0.39, 0.29) is 0 Å². The van der Waals surface area contributed by atoms with E-state index < -0.39 is 0 Å². The number of rotatable bonds is 5. The first-order valence-corrected chi connectivity index (χ1v) is 5.81. The number of nitrogens with one attached hydrogen (secondary N) is 1. The van der Waals surface area contributed by atoms with Crippen molar-refractivity contribution in [3.63, 3.8) is 0 Å². The van der Waals surface area contributed by atoms with E-state index in [9.17, 15) is 0 Å². The summed E-state index contributed by atoms with van der Waals surface area (Å²) in [6.07, 6.45) is 12.3. The monoisotopic (exact) mass is 214 g/mol. The van der Waals surface area contributed by atoms with Crippen LogP contribution in [-0.2, 0) is 6.42 Å². The molecule has 0 atom stereocenters. The summed E-state index contributed by atoms with van der Waals surface area (Å²) in [5.41, 5.74) is 2.33. The first-order chi connectivity index (χ1) is 7.83. The lowest BCUT2D eigenvalue weighted by atomic mass is 9.85. The van der Waals surface area contributed by atoms with Crippen LogP contribution in [0.25, 0.3) is 0 Å². The highest BCUT2D eigenvalue weighted by atomic mass is 14.9. The van der Waals surface area contributed by atoms with Crippen LogP contribution in [0.15, 0.2) is 43.2 Å². The molecule has 1 saturated carbocycles. The number of aromatic nitrogens is 2. The summed E-state index contributed by atoms with van der Waals surface area (Å²) in [5, 5.41) is 0. The number of allylic oxidation sites excluding steroid dienone is 4. The van der Waals surface area contributed by atoms with E-state index in [1.807, 2.05) is 18.3 Å². The van der Waals surface area contributed by atoms with Gasteiger partial charge in [0.05, 0.1) is 0 Å². The third-order valence-corrected chi connectivity index (χ3v) is 3.13. The zero-order valence-corrected chi connectivity index (χ0v) is 9.58.